The fourth-order valence-electron chi connectivity index (χ4n) is 3.92. The third-order valence-corrected chi connectivity index (χ3v) is 5.78. The van der Waals surface area contributed by atoms with Gasteiger partial charge < -0.3 is 9.68 Å². The van der Waals surface area contributed by atoms with E-state index in [-0.39, 0.29) is 5.41 Å². The van der Waals surface area contributed by atoms with Crippen molar-refractivity contribution in [2.45, 2.75) is 53.9 Å². The molecule has 2 aromatic heterocycles. The lowest BCUT2D eigenvalue weighted by molar-refractivity contribution is -0.000158. The predicted octanol–water partition coefficient (Wildman–Crippen LogP) is 5.68. The molecule has 1 aliphatic rings. The van der Waals surface area contributed by atoms with E-state index in [0.717, 1.165) is 64.5 Å². The van der Waals surface area contributed by atoms with Gasteiger partial charge in [-0.15, -0.1) is 0 Å². The molecule has 4 rings (SSSR count). The Morgan fingerprint density at radius 2 is 1.77 bits per heavy atom. The summed E-state index contributed by atoms with van der Waals surface area (Å²) in [6.45, 7) is 10.9. The van der Waals surface area contributed by atoms with Crippen LogP contribution in [-0.2, 0) is 16.1 Å². The van der Waals surface area contributed by atoms with E-state index in [1.54, 1.807) is 0 Å². The van der Waals surface area contributed by atoms with Crippen LogP contribution >= 0.6 is 0 Å². The molecule has 1 aromatic carbocycles. The largest absolute Gasteiger partial charge is 0.395 e. The molecule has 3 aromatic rings. The molecule has 0 bridgehead atoms. The standard InChI is InChI=1S/C28H33N5O2/c1-19-14-20(2)30-25(15-19)21(3)32-34-17-28(4,5)18-35-33-24-13-9-12-23-16-29-27(31-26(23)24)22-10-7-6-8-11-22/h6-8,10-11,14-16H,9,12-13,17-18H2,1-5H3. The molecule has 0 unspecified atom stereocenters. The minimum absolute atomic E-state index is 0.276. The maximum atomic E-state index is 5.80. The van der Waals surface area contributed by atoms with E-state index >= 15 is 0 Å². The van der Waals surface area contributed by atoms with E-state index in [9.17, 15) is 0 Å². The predicted molar refractivity (Wildman–Crippen MR) is 139 cm³/mol. The third kappa shape index (κ3) is 6.50. The molecule has 0 atom stereocenters. The highest BCUT2D eigenvalue weighted by molar-refractivity contribution is 6.01. The zero-order valence-corrected chi connectivity index (χ0v) is 21.2. The Labute approximate surface area is 207 Å². The van der Waals surface area contributed by atoms with E-state index in [1.807, 2.05) is 69.4 Å². The van der Waals surface area contributed by atoms with Crippen LogP contribution in [0.1, 0.15) is 61.8 Å². The molecule has 0 saturated heterocycles. The average Bonchev–Trinajstić information content (AvgIpc) is 2.83. The third-order valence-electron chi connectivity index (χ3n) is 5.78. The Hall–Kier alpha value is -3.61. The molecule has 0 radical (unpaired) electrons. The quantitative estimate of drug-likeness (QED) is 0.312. The Morgan fingerprint density at radius 1 is 1.00 bits per heavy atom. The lowest BCUT2D eigenvalue weighted by atomic mass is 9.95. The summed E-state index contributed by atoms with van der Waals surface area (Å²) < 4.78 is 0. The molecular formula is C28H33N5O2. The number of rotatable bonds is 8. The van der Waals surface area contributed by atoms with Gasteiger partial charge in [0.15, 0.2) is 5.82 Å². The van der Waals surface area contributed by atoms with Crippen molar-refractivity contribution in [3.63, 3.8) is 0 Å². The second kappa shape index (κ2) is 10.8. The average molecular weight is 472 g/mol. The number of fused-ring (bicyclic) bond motifs is 1. The molecule has 1 aliphatic carbocycles. The van der Waals surface area contributed by atoms with Gasteiger partial charge in [0.05, 0.1) is 11.4 Å². The van der Waals surface area contributed by atoms with Crippen molar-refractivity contribution in [1.82, 2.24) is 15.0 Å². The highest BCUT2D eigenvalue weighted by Gasteiger charge is 2.23. The molecule has 7 heteroatoms. The Morgan fingerprint density at radius 3 is 2.54 bits per heavy atom. The number of oxime groups is 2. The van der Waals surface area contributed by atoms with Gasteiger partial charge in [-0.2, -0.15) is 0 Å². The van der Waals surface area contributed by atoms with E-state index in [2.05, 4.69) is 34.1 Å². The van der Waals surface area contributed by atoms with Crippen LogP contribution in [0.2, 0.25) is 0 Å². The second-order valence-corrected chi connectivity index (χ2v) is 9.88. The van der Waals surface area contributed by atoms with E-state index in [0.29, 0.717) is 19.0 Å². The van der Waals surface area contributed by atoms with Crippen LogP contribution in [0.15, 0.2) is 59.0 Å². The first-order valence-electron chi connectivity index (χ1n) is 12.0. The summed E-state index contributed by atoms with van der Waals surface area (Å²) >= 11 is 0. The van der Waals surface area contributed by atoms with E-state index in [1.165, 1.54) is 0 Å². The molecule has 35 heavy (non-hydrogen) atoms. The van der Waals surface area contributed by atoms with Gasteiger partial charge in [0.25, 0.3) is 0 Å². The van der Waals surface area contributed by atoms with Crippen LogP contribution in [0.3, 0.4) is 0 Å². The van der Waals surface area contributed by atoms with Crippen molar-refractivity contribution >= 4 is 11.4 Å². The van der Waals surface area contributed by atoms with Crippen molar-refractivity contribution in [3.05, 3.63) is 76.9 Å². The number of pyridine rings is 1. The minimum Gasteiger partial charge on any atom is -0.395 e. The van der Waals surface area contributed by atoms with Gasteiger partial charge in [-0.05, 0) is 63.3 Å². The maximum Gasteiger partial charge on any atom is 0.159 e. The SMILES string of the molecule is CC(=NOCC(C)(C)CON=C1CCCc2cnc(-c3ccccc3)nc21)c1cc(C)cc(C)n1. The monoisotopic (exact) mass is 471 g/mol. The first kappa shape index (κ1) is 24.5. The van der Waals surface area contributed by atoms with E-state index < -0.39 is 0 Å². The first-order chi connectivity index (χ1) is 16.8. The summed E-state index contributed by atoms with van der Waals surface area (Å²) in [5.74, 6) is 0.708. The summed E-state index contributed by atoms with van der Waals surface area (Å²) in [6.07, 6.45) is 4.72. The van der Waals surface area contributed by atoms with Crippen LogP contribution in [0.4, 0.5) is 0 Å². The smallest absolute Gasteiger partial charge is 0.159 e. The van der Waals surface area contributed by atoms with Crippen molar-refractivity contribution in [1.29, 1.82) is 0 Å². The van der Waals surface area contributed by atoms with Crippen molar-refractivity contribution in [2.24, 2.45) is 15.7 Å². The molecule has 7 nitrogen and oxygen atoms in total. The molecule has 0 saturated carbocycles. The van der Waals surface area contributed by atoms with Gasteiger partial charge in [0.2, 0.25) is 0 Å². The molecular weight excluding hydrogens is 438 g/mol. The number of hydrogen-bond acceptors (Lipinski definition) is 7. The van der Waals surface area contributed by atoms with Gasteiger partial charge >= 0.3 is 0 Å². The van der Waals surface area contributed by atoms with Crippen molar-refractivity contribution in [2.75, 3.05) is 13.2 Å². The number of hydrogen-bond donors (Lipinski definition) is 0. The van der Waals surface area contributed by atoms with Gasteiger partial charge in [-0.25, -0.2) is 9.97 Å². The molecule has 0 fully saturated rings. The maximum absolute atomic E-state index is 5.80. The molecule has 0 amide bonds. The summed E-state index contributed by atoms with van der Waals surface area (Å²) in [5.41, 5.74) is 7.29. The summed E-state index contributed by atoms with van der Waals surface area (Å²) in [6, 6.07) is 14.0. The van der Waals surface area contributed by atoms with Crippen LogP contribution in [0.5, 0.6) is 0 Å². The zero-order valence-electron chi connectivity index (χ0n) is 21.2. The van der Waals surface area contributed by atoms with Crippen LogP contribution in [0.25, 0.3) is 11.4 Å². The molecule has 0 N–H and O–H groups in total. The Balaban J connectivity index is 1.38. The molecule has 0 spiro atoms. The fraction of sp³-hybridized carbons (Fsp3) is 0.393. The topological polar surface area (TPSA) is 81.9 Å². The van der Waals surface area contributed by atoms with Crippen molar-refractivity contribution < 1.29 is 9.68 Å². The van der Waals surface area contributed by atoms with Gasteiger partial charge in [0.1, 0.15) is 24.6 Å². The normalized spacial score (nSPS) is 15.1. The number of aromatic nitrogens is 3. The molecule has 0 aliphatic heterocycles. The second-order valence-electron chi connectivity index (χ2n) is 9.88. The number of aryl methyl sites for hydroxylation is 3. The lowest BCUT2D eigenvalue weighted by Gasteiger charge is -2.22. The Kier molecular flexibility index (Phi) is 7.54. The van der Waals surface area contributed by atoms with Crippen molar-refractivity contribution in [3.8, 4) is 11.4 Å². The number of nitrogens with zero attached hydrogens (tertiary/aromatic N) is 5. The van der Waals surface area contributed by atoms with Gasteiger partial charge in [0, 0.05) is 22.9 Å². The fourth-order valence-corrected chi connectivity index (χ4v) is 3.92. The number of benzene rings is 1. The minimum atomic E-state index is -0.276. The summed E-state index contributed by atoms with van der Waals surface area (Å²) in [4.78, 5) is 25.4. The van der Waals surface area contributed by atoms with Crippen LogP contribution in [0, 0.1) is 19.3 Å². The van der Waals surface area contributed by atoms with Crippen LogP contribution < -0.4 is 0 Å². The highest BCUT2D eigenvalue weighted by atomic mass is 16.6. The summed E-state index contributed by atoms with van der Waals surface area (Å²) in [5, 5.41) is 8.75. The van der Waals surface area contributed by atoms with E-state index in [4.69, 9.17) is 14.7 Å². The molecule has 182 valence electrons. The highest BCUT2D eigenvalue weighted by Crippen LogP contribution is 2.24. The van der Waals surface area contributed by atoms with Gasteiger partial charge in [-0.1, -0.05) is 54.5 Å². The Bertz CT molecular complexity index is 1220. The lowest BCUT2D eigenvalue weighted by Crippen LogP contribution is -2.24. The van der Waals surface area contributed by atoms with Gasteiger partial charge in [-0.3, -0.25) is 4.98 Å². The molecule has 2 heterocycles. The van der Waals surface area contributed by atoms with Crippen LogP contribution in [-0.4, -0.2) is 39.6 Å². The first-order valence-corrected chi connectivity index (χ1v) is 12.0. The summed E-state index contributed by atoms with van der Waals surface area (Å²) in [7, 11) is 0. The zero-order chi connectivity index (χ0) is 24.8.